The second-order valence-electron chi connectivity index (χ2n) is 7.70. The van der Waals surface area contributed by atoms with Gasteiger partial charge in [-0.3, -0.25) is 0 Å². The Bertz CT molecular complexity index is 846. The molecule has 3 rings (SSSR count). The van der Waals surface area contributed by atoms with Crippen molar-refractivity contribution in [2.45, 2.75) is 45.3 Å². The van der Waals surface area contributed by atoms with Crippen molar-refractivity contribution in [1.29, 1.82) is 5.26 Å². The molecular formula is C19H25N5O2. The Morgan fingerprint density at radius 1 is 1.50 bits per heavy atom. The molecule has 0 saturated carbocycles. The first-order valence-electron chi connectivity index (χ1n) is 8.87. The Morgan fingerprint density at radius 3 is 2.96 bits per heavy atom. The summed E-state index contributed by atoms with van der Waals surface area (Å²) in [6, 6.07) is 4.22. The summed E-state index contributed by atoms with van der Waals surface area (Å²) in [5.74, 6) is 0. The Labute approximate surface area is 153 Å². The molecular weight excluding hydrogens is 330 g/mol. The molecule has 0 spiro atoms. The van der Waals surface area contributed by atoms with Gasteiger partial charge >= 0.3 is 6.09 Å². The third kappa shape index (κ3) is 3.59. The van der Waals surface area contributed by atoms with Gasteiger partial charge in [-0.15, -0.1) is 0 Å². The summed E-state index contributed by atoms with van der Waals surface area (Å²) in [5.41, 5.74) is 1.77. The predicted octanol–water partition coefficient (Wildman–Crippen LogP) is 3.27. The van der Waals surface area contributed by atoms with Crippen LogP contribution in [0.3, 0.4) is 0 Å². The highest BCUT2D eigenvalue weighted by Crippen LogP contribution is 2.31. The number of pyridine rings is 1. The SMILES string of the molecule is CN(C(=O)OC(C)(C)C)[C@H]1CCCN(c2ccnc3[nH]cc(C#N)c23)C1. The highest BCUT2D eigenvalue weighted by Gasteiger charge is 2.30. The summed E-state index contributed by atoms with van der Waals surface area (Å²) in [5, 5.41) is 10.2. The molecule has 7 nitrogen and oxygen atoms in total. The maximum atomic E-state index is 12.4. The first-order chi connectivity index (χ1) is 12.3. The van der Waals surface area contributed by atoms with E-state index in [0.29, 0.717) is 17.8 Å². The van der Waals surface area contributed by atoms with Crippen LogP contribution in [-0.4, -0.2) is 52.7 Å². The van der Waals surface area contributed by atoms with E-state index in [4.69, 9.17) is 4.74 Å². The number of H-pyrrole nitrogens is 1. The third-order valence-corrected chi connectivity index (χ3v) is 4.64. The van der Waals surface area contributed by atoms with Crippen molar-refractivity contribution >= 4 is 22.8 Å². The fourth-order valence-electron chi connectivity index (χ4n) is 3.36. The molecule has 0 unspecified atom stereocenters. The molecule has 3 heterocycles. The van der Waals surface area contributed by atoms with Crippen LogP contribution in [0.15, 0.2) is 18.5 Å². The Morgan fingerprint density at radius 2 is 2.27 bits per heavy atom. The standard InChI is InChI=1S/C19H25N5O2/c1-19(2,3)26-18(25)23(4)14-6-5-9-24(12-14)15-7-8-21-17-16(15)13(10-20)11-22-17/h7-8,11,14H,5-6,9,12H2,1-4H3,(H,21,22)/t14-/m0/s1. The molecule has 1 atom stereocenters. The van der Waals surface area contributed by atoms with Crippen molar-refractivity contribution in [3.05, 3.63) is 24.0 Å². The number of amides is 1. The van der Waals surface area contributed by atoms with Gasteiger partial charge in [0.25, 0.3) is 0 Å². The number of hydrogen-bond acceptors (Lipinski definition) is 5. The number of rotatable bonds is 2. The average molecular weight is 355 g/mol. The molecule has 0 radical (unpaired) electrons. The molecule has 1 aliphatic rings. The molecule has 1 aliphatic heterocycles. The average Bonchev–Trinajstić information content (AvgIpc) is 3.03. The molecule has 0 bridgehead atoms. The van der Waals surface area contributed by atoms with E-state index in [0.717, 1.165) is 30.5 Å². The zero-order chi connectivity index (χ0) is 18.9. The van der Waals surface area contributed by atoms with Crippen LogP contribution in [0.4, 0.5) is 10.5 Å². The molecule has 0 aliphatic carbocycles. The summed E-state index contributed by atoms with van der Waals surface area (Å²) in [4.78, 5) is 23.7. The number of carbonyl (C=O) groups excluding carboxylic acids is 1. The van der Waals surface area contributed by atoms with Crippen LogP contribution in [0.25, 0.3) is 11.0 Å². The number of nitrogens with one attached hydrogen (secondary N) is 1. The number of nitriles is 1. The quantitative estimate of drug-likeness (QED) is 0.893. The first-order valence-corrected chi connectivity index (χ1v) is 8.87. The molecule has 138 valence electrons. The maximum absolute atomic E-state index is 12.4. The number of aromatic amines is 1. The van der Waals surface area contributed by atoms with E-state index in [9.17, 15) is 10.1 Å². The van der Waals surface area contributed by atoms with E-state index in [2.05, 4.69) is 20.9 Å². The third-order valence-electron chi connectivity index (χ3n) is 4.64. The van der Waals surface area contributed by atoms with Gasteiger partial charge in [0.1, 0.15) is 17.3 Å². The molecule has 1 saturated heterocycles. The zero-order valence-corrected chi connectivity index (χ0v) is 15.7. The van der Waals surface area contributed by atoms with Crippen LogP contribution >= 0.6 is 0 Å². The molecule has 1 fully saturated rings. The van der Waals surface area contributed by atoms with Crippen LogP contribution in [0.2, 0.25) is 0 Å². The van der Waals surface area contributed by atoms with Gasteiger partial charge in [-0.25, -0.2) is 9.78 Å². The molecule has 2 aromatic heterocycles. The Balaban J connectivity index is 1.82. The van der Waals surface area contributed by atoms with Crippen molar-refractivity contribution in [3.63, 3.8) is 0 Å². The van der Waals surface area contributed by atoms with Crippen LogP contribution in [0.5, 0.6) is 0 Å². The first kappa shape index (κ1) is 18.1. The van der Waals surface area contributed by atoms with Crippen molar-refractivity contribution in [1.82, 2.24) is 14.9 Å². The predicted molar refractivity (Wildman–Crippen MR) is 100 cm³/mol. The number of ether oxygens (including phenoxy) is 1. The molecule has 7 heteroatoms. The minimum Gasteiger partial charge on any atom is -0.444 e. The zero-order valence-electron chi connectivity index (χ0n) is 15.7. The summed E-state index contributed by atoms with van der Waals surface area (Å²) < 4.78 is 5.50. The Hall–Kier alpha value is -2.75. The van der Waals surface area contributed by atoms with Crippen molar-refractivity contribution in [2.24, 2.45) is 0 Å². The molecule has 1 amide bonds. The smallest absolute Gasteiger partial charge is 0.410 e. The molecule has 0 aromatic carbocycles. The topological polar surface area (TPSA) is 85.2 Å². The second-order valence-corrected chi connectivity index (χ2v) is 7.70. The minimum atomic E-state index is -0.510. The Kier molecular flexibility index (Phi) is 4.77. The number of hydrogen-bond donors (Lipinski definition) is 1. The lowest BCUT2D eigenvalue weighted by molar-refractivity contribution is 0.0210. The van der Waals surface area contributed by atoms with Gasteiger partial charge in [-0.05, 0) is 39.7 Å². The number of piperidine rings is 1. The summed E-state index contributed by atoms with van der Waals surface area (Å²) in [7, 11) is 1.79. The van der Waals surface area contributed by atoms with E-state index in [1.54, 1.807) is 24.3 Å². The van der Waals surface area contributed by atoms with Crippen LogP contribution in [0, 0.1) is 11.3 Å². The highest BCUT2D eigenvalue weighted by molar-refractivity contribution is 5.94. The van der Waals surface area contributed by atoms with E-state index in [1.807, 2.05) is 26.8 Å². The lowest BCUT2D eigenvalue weighted by atomic mass is 10.0. The fraction of sp³-hybridized carbons (Fsp3) is 0.526. The number of aromatic nitrogens is 2. The number of nitrogens with zero attached hydrogens (tertiary/aromatic N) is 4. The minimum absolute atomic E-state index is 0.0614. The van der Waals surface area contributed by atoms with E-state index in [-0.39, 0.29) is 12.1 Å². The number of carbonyl (C=O) groups is 1. The normalized spacial score (nSPS) is 17.8. The molecule has 26 heavy (non-hydrogen) atoms. The maximum Gasteiger partial charge on any atom is 0.410 e. The summed E-state index contributed by atoms with van der Waals surface area (Å²) in [6.07, 6.45) is 5.03. The number of likely N-dealkylation sites (N-methyl/N-ethyl adjacent to an activating group) is 1. The monoisotopic (exact) mass is 355 g/mol. The van der Waals surface area contributed by atoms with Crippen LogP contribution < -0.4 is 4.90 Å². The lowest BCUT2D eigenvalue weighted by Gasteiger charge is -2.39. The van der Waals surface area contributed by atoms with Gasteiger partial charge < -0.3 is 19.5 Å². The van der Waals surface area contributed by atoms with Crippen LogP contribution in [-0.2, 0) is 4.74 Å². The second kappa shape index (κ2) is 6.87. The van der Waals surface area contributed by atoms with Gasteiger partial charge in [0.05, 0.1) is 22.7 Å². The number of fused-ring (bicyclic) bond motifs is 1. The summed E-state index contributed by atoms with van der Waals surface area (Å²) in [6.45, 7) is 7.19. The van der Waals surface area contributed by atoms with Crippen molar-refractivity contribution in [2.75, 3.05) is 25.0 Å². The molecule has 1 N–H and O–H groups in total. The lowest BCUT2D eigenvalue weighted by Crippen LogP contribution is -2.49. The van der Waals surface area contributed by atoms with E-state index < -0.39 is 5.60 Å². The van der Waals surface area contributed by atoms with Gasteiger partial charge in [-0.1, -0.05) is 0 Å². The van der Waals surface area contributed by atoms with Gasteiger partial charge in [0.15, 0.2) is 0 Å². The van der Waals surface area contributed by atoms with Crippen molar-refractivity contribution in [3.8, 4) is 6.07 Å². The summed E-state index contributed by atoms with van der Waals surface area (Å²) >= 11 is 0. The van der Waals surface area contributed by atoms with Gasteiger partial charge in [0.2, 0.25) is 0 Å². The largest absolute Gasteiger partial charge is 0.444 e. The number of anilines is 1. The molecule has 2 aromatic rings. The fourth-order valence-corrected chi connectivity index (χ4v) is 3.36. The van der Waals surface area contributed by atoms with Crippen molar-refractivity contribution < 1.29 is 9.53 Å². The highest BCUT2D eigenvalue weighted by atomic mass is 16.6. The van der Waals surface area contributed by atoms with Crippen LogP contribution in [0.1, 0.15) is 39.2 Å². The van der Waals surface area contributed by atoms with Gasteiger partial charge in [-0.2, -0.15) is 5.26 Å². The van der Waals surface area contributed by atoms with Gasteiger partial charge in [0, 0.05) is 32.5 Å². The van der Waals surface area contributed by atoms with E-state index >= 15 is 0 Å². The van der Waals surface area contributed by atoms with E-state index in [1.165, 1.54) is 0 Å².